The number of hydrogen-bond donors (Lipinski definition) is 1. The van der Waals surface area contributed by atoms with Gasteiger partial charge >= 0.3 is 18.8 Å². The molecule has 1 unspecified atom stereocenters. The molecule has 0 aliphatic carbocycles. The number of alkyl halides is 2. The zero-order chi connectivity index (χ0) is 21.8. The van der Waals surface area contributed by atoms with Gasteiger partial charge < -0.3 is 19.5 Å². The van der Waals surface area contributed by atoms with Crippen LogP contribution in [0.15, 0.2) is 24.3 Å². The molecule has 9 heteroatoms. The molecule has 1 fully saturated rings. The molecule has 0 spiro atoms. The molecule has 29 heavy (non-hydrogen) atoms. The Labute approximate surface area is 169 Å². The second-order valence-electron chi connectivity index (χ2n) is 8.11. The summed E-state index contributed by atoms with van der Waals surface area (Å²) in [6.45, 7) is 4.85. The fourth-order valence-corrected chi connectivity index (χ4v) is 3.51. The molecule has 0 bridgehead atoms. The van der Waals surface area contributed by atoms with Crippen molar-refractivity contribution in [3.05, 3.63) is 29.8 Å². The molecule has 1 aromatic carbocycles. The van der Waals surface area contributed by atoms with Crippen molar-refractivity contribution in [3.8, 4) is 5.75 Å². The van der Waals surface area contributed by atoms with Crippen LogP contribution in [0, 0.1) is 0 Å². The van der Waals surface area contributed by atoms with Crippen LogP contribution in [-0.2, 0) is 11.2 Å². The molecule has 1 aliphatic rings. The zero-order valence-electron chi connectivity index (χ0n) is 17.2. The maximum atomic E-state index is 12.5. The minimum atomic E-state index is -2.91. The lowest BCUT2D eigenvalue weighted by atomic mass is 9.84. The van der Waals surface area contributed by atoms with Gasteiger partial charge in [-0.3, -0.25) is 4.90 Å². The van der Waals surface area contributed by atoms with Gasteiger partial charge in [0, 0.05) is 19.6 Å². The van der Waals surface area contributed by atoms with Gasteiger partial charge in [-0.25, -0.2) is 9.59 Å². The number of amides is 2. The van der Waals surface area contributed by atoms with E-state index >= 15 is 0 Å². The smallest absolute Gasteiger partial charge is 0.410 e. The Balaban J connectivity index is 2.25. The molecule has 2 rings (SSSR count). The van der Waals surface area contributed by atoms with Crippen LogP contribution in [0.4, 0.5) is 18.4 Å². The van der Waals surface area contributed by atoms with Gasteiger partial charge in [0.2, 0.25) is 0 Å². The van der Waals surface area contributed by atoms with E-state index in [1.807, 2.05) is 6.92 Å². The summed E-state index contributed by atoms with van der Waals surface area (Å²) in [4.78, 5) is 27.3. The molecule has 1 heterocycles. The fraction of sp³-hybridized carbons (Fsp3) is 0.600. The highest BCUT2D eigenvalue weighted by Gasteiger charge is 2.45. The Kier molecular flexibility index (Phi) is 6.92. The highest BCUT2D eigenvalue weighted by Crippen LogP contribution is 2.31. The van der Waals surface area contributed by atoms with Crippen LogP contribution in [0.2, 0.25) is 0 Å². The van der Waals surface area contributed by atoms with Gasteiger partial charge in [0.15, 0.2) is 0 Å². The van der Waals surface area contributed by atoms with Gasteiger partial charge in [-0.1, -0.05) is 19.1 Å². The summed E-state index contributed by atoms with van der Waals surface area (Å²) in [5, 5.41) is 9.73. The Bertz CT molecular complexity index is 721. The summed E-state index contributed by atoms with van der Waals surface area (Å²) < 4.78 is 34.5. The minimum Gasteiger partial charge on any atom is -0.465 e. The molecule has 0 saturated carbocycles. The van der Waals surface area contributed by atoms with E-state index in [0.29, 0.717) is 12.8 Å². The second-order valence-corrected chi connectivity index (χ2v) is 8.11. The third kappa shape index (κ3) is 5.95. The lowest BCUT2D eigenvalue weighted by Crippen LogP contribution is -2.65. The zero-order valence-corrected chi connectivity index (χ0v) is 17.2. The lowest BCUT2D eigenvalue weighted by molar-refractivity contribution is -0.0498. The first-order valence-corrected chi connectivity index (χ1v) is 9.48. The van der Waals surface area contributed by atoms with E-state index in [1.165, 1.54) is 21.9 Å². The van der Waals surface area contributed by atoms with Crippen LogP contribution in [0.25, 0.3) is 0 Å². The molecule has 1 aromatic rings. The number of carbonyl (C=O) groups is 2. The molecule has 0 radical (unpaired) electrons. The van der Waals surface area contributed by atoms with E-state index in [0.717, 1.165) is 5.56 Å². The number of rotatable bonds is 5. The number of hydrogen-bond acceptors (Lipinski definition) is 4. The highest BCUT2D eigenvalue weighted by molar-refractivity contribution is 5.70. The van der Waals surface area contributed by atoms with Gasteiger partial charge in [0.1, 0.15) is 11.4 Å². The van der Waals surface area contributed by atoms with E-state index in [4.69, 9.17) is 4.74 Å². The van der Waals surface area contributed by atoms with E-state index in [-0.39, 0.29) is 25.4 Å². The van der Waals surface area contributed by atoms with Crippen molar-refractivity contribution in [2.45, 2.75) is 58.3 Å². The normalized spacial score (nSPS) is 20.0. The first-order chi connectivity index (χ1) is 13.5. The summed E-state index contributed by atoms with van der Waals surface area (Å²) in [6.07, 6.45) is -0.757. The topological polar surface area (TPSA) is 79.3 Å². The quantitative estimate of drug-likeness (QED) is 0.781. The molecule has 1 saturated heterocycles. The number of ether oxygens (including phenoxy) is 2. The van der Waals surface area contributed by atoms with Crippen molar-refractivity contribution >= 4 is 12.2 Å². The summed E-state index contributed by atoms with van der Waals surface area (Å²) in [5.41, 5.74) is -0.756. The average molecular weight is 414 g/mol. The highest BCUT2D eigenvalue weighted by atomic mass is 19.3. The number of carbonyl (C=O) groups excluding carboxylic acids is 1. The van der Waals surface area contributed by atoms with Crippen molar-refractivity contribution in [1.29, 1.82) is 0 Å². The summed E-state index contributed by atoms with van der Waals surface area (Å²) in [7, 11) is 0. The van der Waals surface area contributed by atoms with E-state index in [1.54, 1.807) is 32.9 Å². The van der Waals surface area contributed by atoms with Crippen LogP contribution in [0.3, 0.4) is 0 Å². The number of halogens is 2. The molecular formula is C20H28F2N2O5. The summed E-state index contributed by atoms with van der Waals surface area (Å²) >= 11 is 0. The van der Waals surface area contributed by atoms with Crippen LogP contribution >= 0.6 is 0 Å². The van der Waals surface area contributed by atoms with Gasteiger partial charge in [-0.2, -0.15) is 8.78 Å². The van der Waals surface area contributed by atoms with Crippen LogP contribution in [0.5, 0.6) is 5.75 Å². The third-order valence-corrected chi connectivity index (χ3v) is 4.87. The largest absolute Gasteiger partial charge is 0.465 e. The maximum Gasteiger partial charge on any atom is 0.410 e. The van der Waals surface area contributed by atoms with Crippen LogP contribution in [-0.4, -0.2) is 64.5 Å². The molecular weight excluding hydrogens is 386 g/mol. The molecule has 7 nitrogen and oxygen atoms in total. The van der Waals surface area contributed by atoms with Crippen molar-refractivity contribution < 1.29 is 33.0 Å². The maximum absolute atomic E-state index is 12.5. The van der Waals surface area contributed by atoms with Crippen molar-refractivity contribution in [2.75, 3.05) is 19.6 Å². The standard InChI is InChI=1S/C20H28F2N2O5/c1-5-20(12-14-6-8-15(9-7-14)28-16(21)22)13-23(10-11-24(20)17(25)26)18(27)29-19(2,3)4/h6-9,16H,5,10-13H2,1-4H3,(H,25,26). The predicted octanol–water partition coefficient (Wildman–Crippen LogP) is 4.21. The molecule has 1 aliphatic heterocycles. The summed E-state index contributed by atoms with van der Waals surface area (Å²) in [5.74, 6) is 0.0309. The van der Waals surface area contributed by atoms with E-state index in [9.17, 15) is 23.5 Å². The first kappa shape index (κ1) is 22.7. The number of benzene rings is 1. The minimum absolute atomic E-state index is 0.0309. The van der Waals surface area contributed by atoms with Gasteiger partial charge in [0.25, 0.3) is 0 Å². The molecule has 1 N–H and O–H groups in total. The van der Waals surface area contributed by atoms with Crippen molar-refractivity contribution in [1.82, 2.24) is 9.80 Å². The Morgan fingerprint density at radius 2 is 1.83 bits per heavy atom. The Hall–Kier alpha value is -2.58. The van der Waals surface area contributed by atoms with Gasteiger partial charge in [-0.15, -0.1) is 0 Å². The number of nitrogens with zero attached hydrogens (tertiary/aromatic N) is 2. The van der Waals surface area contributed by atoms with Crippen LogP contribution in [0.1, 0.15) is 39.7 Å². The lowest BCUT2D eigenvalue weighted by Gasteiger charge is -2.49. The van der Waals surface area contributed by atoms with Gasteiger partial charge in [0.05, 0.1) is 5.54 Å². The molecule has 2 amide bonds. The Morgan fingerprint density at radius 3 is 2.31 bits per heavy atom. The number of piperazine rings is 1. The Morgan fingerprint density at radius 1 is 1.21 bits per heavy atom. The van der Waals surface area contributed by atoms with E-state index in [2.05, 4.69) is 4.74 Å². The first-order valence-electron chi connectivity index (χ1n) is 9.48. The molecule has 162 valence electrons. The van der Waals surface area contributed by atoms with E-state index < -0.39 is 29.9 Å². The SMILES string of the molecule is CCC1(Cc2ccc(OC(F)F)cc2)CN(C(=O)OC(C)(C)C)CCN1C(=O)O. The average Bonchev–Trinajstić information content (AvgIpc) is 2.61. The predicted molar refractivity (Wildman–Crippen MR) is 102 cm³/mol. The monoisotopic (exact) mass is 414 g/mol. The molecule has 0 aromatic heterocycles. The van der Waals surface area contributed by atoms with Gasteiger partial charge in [-0.05, 0) is 51.3 Å². The van der Waals surface area contributed by atoms with Crippen LogP contribution < -0.4 is 4.74 Å². The fourth-order valence-electron chi connectivity index (χ4n) is 3.51. The van der Waals surface area contributed by atoms with Crippen molar-refractivity contribution in [3.63, 3.8) is 0 Å². The van der Waals surface area contributed by atoms with Crippen molar-refractivity contribution in [2.24, 2.45) is 0 Å². The number of carboxylic acid groups (broad SMARTS) is 1. The molecule has 1 atom stereocenters. The third-order valence-electron chi connectivity index (χ3n) is 4.87. The second kappa shape index (κ2) is 8.84. The summed E-state index contributed by atoms with van der Waals surface area (Å²) in [6, 6.07) is 6.10.